The van der Waals surface area contributed by atoms with Crippen molar-refractivity contribution in [2.45, 2.75) is 52.1 Å². The minimum Gasteiger partial charge on any atom is -0.453 e. The van der Waals surface area contributed by atoms with E-state index >= 15 is 0 Å². The number of aromatic amines is 1. The number of pyridine rings is 1. The average Bonchev–Trinajstić information content (AvgIpc) is 3.34. The summed E-state index contributed by atoms with van der Waals surface area (Å²) in [6.07, 6.45) is 7.54. The van der Waals surface area contributed by atoms with E-state index in [2.05, 4.69) is 49.2 Å². The summed E-state index contributed by atoms with van der Waals surface area (Å²) in [5, 5.41) is 5.07. The first-order valence-corrected chi connectivity index (χ1v) is 13.0. The highest BCUT2D eigenvalue weighted by atomic mass is 16.5. The first kappa shape index (κ1) is 30.0. The molecule has 0 radical (unpaired) electrons. The van der Waals surface area contributed by atoms with E-state index in [1.54, 1.807) is 32.4 Å². The van der Waals surface area contributed by atoms with Crippen molar-refractivity contribution in [2.24, 2.45) is 5.92 Å². The summed E-state index contributed by atoms with van der Waals surface area (Å²) in [5.41, 5.74) is 1.71. The van der Waals surface area contributed by atoms with Crippen LogP contribution in [0.15, 0.2) is 41.6 Å². The van der Waals surface area contributed by atoms with Gasteiger partial charge in [0.25, 0.3) is 5.56 Å². The van der Waals surface area contributed by atoms with Crippen molar-refractivity contribution in [1.82, 2.24) is 34.7 Å². The minimum atomic E-state index is -1.00. The van der Waals surface area contributed by atoms with E-state index in [0.717, 1.165) is 18.5 Å². The zero-order valence-electron chi connectivity index (χ0n) is 23.4. The standard InChI is InChI=1S/C27H36N8O5/c1-17(2)12-13-18-23-24(29-16-28-18)33-21(32-23)15-35-14-8-10-20(26(35)38)30-25(37)19(31-27(39)40-5)9-6-7-11-22(36)34(3)4/h7-8,10-11,14,16-17,19H,6,9,12-13,15H2,1-5H3,(H,30,37)(H,31,39)(H,28,29,32,33)/b11-7+. The first-order valence-electron chi connectivity index (χ1n) is 13.0. The molecule has 3 amide bonds. The number of aromatic nitrogens is 5. The second kappa shape index (κ2) is 14.0. The fourth-order valence-corrected chi connectivity index (χ4v) is 3.81. The quantitative estimate of drug-likeness (QED) is 0.288. The van der Waals surface area contributed by atoms with Crippen molar-refractivity contribution in [3.63, 3.8) is 0 Å². The van der Waals surface area contributed by atoms with Crippen LogP contribution in [-0.2, 0) is 27.3 Å². The van der Waals surface area contributed by atoms with Crippen LogP contribution < -0.4 is 16.2 Å². The third-order valence-corrected chi connectivity index (χ3v) is 6.08. The zero-order chi connectivity index (χ0) is 29.2. The van der Waals surface area contributed by atoms with Crippen molar-refractivity contribution in [3.05, 3.63) is 58.7 Å². The average molecular weight is 553 g/mol. The molecule has 3 N–H and O–H groups in total. The predicted octanol–water partition coefficient (Wildman–Crippen LogP) is 2.24. The number of H-pyrrole nitrogens is 1. The lowest BCUT2D eigenvalue weighted by Crippen LogP contribution is -2.44. The molecule has 0 saturated heterocycles. The smallest absolute Gasteiger partial charge is 0.407 e. The molecule has 3 rings (SSSR count). The Morgan fingerprint density at radius 2 is 1.98 bits per heavy atom. The Bertz CT molecular complexity index is 1430. The van der Waals surface area contributed by atoms with E-state index < -0.39 is 23.6 Å². The number of likely N-dealkylation sites (N-methyl/N-ethyl adjacent to an activating group) is 1. The van der Waals surface area contributed by atoms with Gasteiger partial charge in [0.05, 0.1) is 19.3 Å². The SMILES string of the molecule is COC(=O)NC(CC/C=C/C(=O)N(C)C)C(=O)Nc1cccn(Cc2nc3c(CCC(C)C)ncnc3[nH]2)c1=O. The lowest BCUT2D eigenvalue weighted by molar-refractivity contribution is -0.123. The molecule has 3 heterocycles. The lowest BCUT2D eigenvalue weighted by atomic mass is 10.1. The topological polar surface area (TPSA) is 164 Å². The van der Waals surface area contributed by atoms with Gasteiger partial charge in [0.1, 0.15) is 29.4 Å². The van der Waals surface area contributed by atoms with Gasteiger partial charge in [-0.05, 0) is 49.8 Å². The number of carbonyl (C=O) groups excluding carboxylic acids is 3. The van der Waals surface area contributed by atoms with Gasteiger partial charge < -0.3 is 29.8 Å². The van der Waals surface area contributed by atoms with Crippen molar-refractivity contribution >= 4 is 34.8 Å². The van der Waals surface area contributed by atoms with Crippen LogP contribution in [0.2, 0.25) is 0 Å². The molecule has 1 atom stereocenters. The molecule has 0 spiro atoms. The second-order valence-corrected chi connectivity index (χ2v) is 9.88. The number of nitrogens with zero attached hydrogens (tertiary/aromatic N) is 5. The number of hydrogen-bond donors (Lipinski definition) is 3. The maximum absolute atomic E-state index is 13.2. The third kappa shape index (κ3) is 8.22. The molecule has 0 aliphatic heterocycles. The normalized spacial score (nSPS) is 12.1. The number of carbonyl (C=O) groups is 3. The molecule has 0 aliphatic carbocycles. The molecule has 1 unspecified atom stereocenters. The molecule has 0 fully saturated rings. The Morgan fingerprint density at radius 1 is 1.20 bits per heavy atom. The highest BCUT2D eigenvalue weighted by molar-refractivity contribution is 5.96. The van der Waals surface area contributed by atoms with E-state index in [1.165, 1.54) is 35.0 Å². The number of nitrogens with one attached hydrogen (secondary N) is 3. The van der Waals surface area contributed by atoms with Crippen LogP contribution in [0.1, 0.15) is 44.6 Å². The van der Waals surface area contributed by atoms with Crippen molar-refractivity contribution in [3.8, 4) is 0 Å². The second-order valence-electron chi connectivity index (χ2n) is 9.88. The molecule has 3 aromatic heterocycles. The van der Waals surface area contributed by atoms with Crippen LogP contribution in [0.4, 0.5) is 10.5 Å². The summed E-state index contributed by atoms with van der Waals surface area (Å²) >= 11 is 0. The van der Waals surface area contributed by atoms with Gasteiger partial charge in [0.2, 0.25) is 11.8 Å². The van der Waals surface area contributed by atoms with Gasteiger partial charge in [-0.1, -0.05) is 19.9 Å². The van der Waals surface area contributed by atoms with Crippen LogP contribution >= 0.6 is 0 Å². The van der Waals surface area contributed by atoms with Crippen LogP contribution in [0.3, 0.4) is 0 Å². The van der Waals surface area contributed by atoms with E-state index in [-0.39, 0.29) is 24.6 Å². The van der Waals surface area contributed by atoms with Gasteiger partial charge in [0, 0.05) is 20.3 Å². The lowest BCUT2D eigenvalue weighted by Gasteiger charge is -2.17. The Kier molecular flexibility index (Phi) is 10.5. The Morgan fingerprint density at radius 3 is 2.67 bits per heavy atom. The summed E-state index contributed by atoms with van der Waals surface area (Å²) in [5.74, 6) is 0.249. The molecule has 13 nitrogen and oxygen atoms in total. The molecular formula is C27H36N8O5. The highest BCUT2D eigenvalue weighted by Crippen LogP contribution is 2.16. The fraction of sp³-hybridized carbons (Fsp3) is 0.444. The highest BCUT2D eigenvalue weighted by Gasteiger charge is 2.22. The first-order chi connectivity index (χ1) is 19.1. The third-order valence-electron chi connectivity index (χ3n) is 6.08. The van der Waals surface area contributed by atoms with Gasteiger partial charge in [-0.25, -0.2) is 19.7 Å². The molecule has 0 saturated carbocycles. The maximum atomic E-state index is 13.2. The number of anilines is 1. The fourth-order valence-electron chi connectivity index (χ4n) is 3.81. The number of methoxy groups -OCH3 is 1. The molecule has 0 aromatic carbocycles. The van der Waals surface area contributed by atoms with E-state index in [0.29, 0.717) is 29.3 Å². The zero-order valence-corrected chi connectivity index (χ0v) is 23.4. The van der Waals surface area contributed by atoms with E-state index in [1.807, 2.05) is 0 Å². The van der Waals surface area contributed by atoms with Crippen molar-refractivity contribution in [2.75, 3.05) is 26.5 Å². The number of allylic oxidation sites excluding steroid dienone is 1. The van der Waals surface area contributed by atoms with Gasteiger partial charge in [-0.15, -0.1) is 0 Å². The number of fused-ring (bicyclic) bond motifs is 1. The molecule has 3 aromatic rings. The largest absolute Gasteiger partial charge is 0.453 e. The number of aryl methyl sites for hydroxylation is 1. The maximum Gasteiger partial charge on any atom is 0.407 e. The van der Waals surface area contributed by atoms with E-state index in [4.69, 9.17) is 0 Å². The summed E-state index contributed by atoms with van der Waals surface area (Å²) < 4.78 is 6.04. The van der Waals surface area contributed by atoms with Gasteiger partial charge in [-0.3, -0.25) is 14.4 Å². The summed E-state index contributed by atoms with van der Waals surface area (Å²) in [7, 11) is 4.44. The van der Waals surface area contributed by atoms with Gasteiger partial charge in [0.15, 0.2) is 5.65 Å². The van der Waals surface area contributed by atoms with Crippen LogP contribution in [0, 0.1) is 5.92 Å². The summed E-state index contributed by atoms with van der Waals surface area (Å²) in [6, 6.07) is 2.11. The molecular weight excluding hydrogens is 516 g/mol. The molecule has 0 bridgehead atoms. The number of hydrogen-bond acceptors (Lipinski definition) is 8. The number of ether oxygens (including phenoxy) is 1. The molecule has 13 heteroatoms. The van der Waals surface area contributed by atoms with Crippen molar-refractivity contribution < 1.29 is 19.1 Å². The summed E-state index contributed by atoms with van der Waals surface area (Å²) in [4.78, 5) is 67.6. The van der Waals surface area contributed by atoms with Crippen molar-refractivity contribution in [1.29, 1.82) is 0 Å². The molecule has 40 heavy (non-hydrogen) atoms. The number of alkyl carbamates (subject to hydrolysis) is 1. The molecule has 0 aliphatic rings. The molecule has 214 valence electrons. The number of amides is 3. The Balaban J connectivity index is 1.74. The minimum absolute atomic E-state index is 0.0380. The number of imidazole rings is 1. The van der Waals surface area contributed by atoms with E-state index in [9.17, 15) is 19.2 Å². The van der Waals surface area contributed by atoms with Crippen LogP contribution in [-0.4, -0.2) is 74.6 Å². The van der Waals surface area contributed by atoms with Gasteiger partial charge >= 0.3 is 6.09 Å². The Labute approximate surface area is 232 Å². The van der Waals surface area contributed by atoms with Crippen LogP contribution in [0.25, 0.3) is 11.2 Å². The van der Waals surface area contributed by atoms with Crippen LogP contribution in [0.5, 0.6) is 0 Å². The summed E-state index contributed by atoms with van der Waals surface area (Å²) in [6.45, 7) is 4.41. The number of rotatable bonds is 12. The Hall–Kier alpha value is -4.55. The predicted molar refractivity (Wildman–Crippen MR) is 150 cm³/mol. The monoisotopic (exact) mass is 552 g/mol. The van der Waals surface area contributed by atoms with Gasteiger partial charge in [-0.2, -0.15) is 0 Å².